The summed E-state index contributed by atoms with van der Waals surface area (Å²) in [6.45, 7) is 0. The molecule has 0 aliphatic heterocycles. The predicted octanol–water partition coefficient (Wildman–Crippen LogP) is 3.42. The number of benzene rings is 2. The van der Waals surface area contributed by atoms with Gasteiger partial charge in [-0.25, -0.2) is 9.37 Å². The number of fused-ring (bicyclic) bond motifs is 1. The summed E-state index contributed by atoms with van der Waals surface area (Å²) < 4.78 is 15.4. The second kappa shape index (κ2) is 7.01. The molecule has 8 nitrogen and oxygen atoms in total. The summed E-state index contributed by atoms with van der Waals surface area (Å²) in [7, 11) is 0. The predicted molar refractivity (Wildman–Crippen MR) is 99.6 cm³/mol. The summed E-state index contributed by atoms with van der Waals surface area (Å²) in [4.78, 5) is 27.4. The number of nitro benzene ring substituents is 1. The molecule has 2 atom stereocenters. The number of hydrogen-bond acceptors (Lipinski definition) is 5. The molecule has 0 saturated heterocycles. The highest BCUT2D eigenvalue weighted by Crippen LogP contribution is 2.36. The van der Waals surface area contributed by atoms with Crippen LogP contribution in [-0.2, 0) is 0 Å². The van der Waals surface area contributed by atoms with E-state index < -0.39 is 22.8 Å². The third-order valence-corrected chi connectivity index (χ3v) is 4.94. The number of anilines is 1. The van der Waals surface area contributed by atoms with Crippen LogP contribution in [0.25, 0.3) is 11.0 Å². The molecule has 1 heterocycles. The lowest BCUT2D eigenvalue weighted by molar-refractivity contribution is -0.384. The van der Waals surface area contributed by atoms with Crippen molar-refractivity contribution in [2.24, 2.45) is 0 Å². The average Bonchev–Trinajstić information content (AvgIpc) is 3.24. The number of imidazole rings is 1. The number of non-ortho nitro benzene ring substituents is 1. The van der Waals surface area contributed by atoms with E-state index in [-0.39, 0.29) is 23.2 Å². The highest BCUT2D eigenvalue weighted by molar-refractivity contribution is 6.04. The maximum atomic E-state index is 13.6. The van der Waals surface area contributed by atoms with Gasteiger partial charge in [0.15, 0.2) is 0 Å². The van der Waals surface area contributed by atoms with Crippen molar-refractivity contribution in [3.63, 3.8) is 0 Å². The van der Waals surface area contributed by atoms with E-state index in [2.05, 4.69) is 10.3 Å². The zero-order valence-corrected chi connectivity index (χ0v) is 14.7. The Morgan fingerprint density at radius 3 is 2.82 bits per heavy atom. The lowest BCUT2D eigenvalue weighted by Crippen LogP contribution is -2.18. The molecule has 4 rings (SSSR count). The van der Waals surface area contributed by atoms with Crippen LogP contribution in [0.5, 0.6) is 0 Å². The minimum absolute atomic E-state index is 0.0918. The summed E-state index contributed by atoms with van der Waals surface area (Å²) in [5, 5.41) is 23.5. The van der Waals surface area contributed by atoms with E-state index >= 15 is 0 Å². The molecule has 0 radical (unpaired) electrons. The van der Waals surface area contributed by atoms with Crippen LogP contribution in [0.4, 0.5) is 16.0 Å². The standard InChI is InChI=1S/C19H17FN4O4/c20-12-4-7-17-16(9-12)21-19(23(17)13-5-6-15(25)10-13)22-18(26)11-2-1-3-14(8-11)24(27)28/h1-4,7-9,13,15,25H,5-6,10H2,(H,21,22,26)/t13-,15+/m0/s1. The number of aliphatic hydroxyl groups is 1. The maximum Gasteiger partial charge on any atom is 0.270 e. The van der Waals surface area contributed by atoms with E-state index in [1.54, 1.807) is 10.6 Å². The Hall–Kier alpha value is -3.33. The molecule has 1 saturated carbocycles. The van der Waals surface area contributed by atoms with Gasteiger partial charge >= 0.3 is 0 Å². The van der Waals surface area contributed by atoms with Gasteiger partial charge in [0.25, 0.3) is 11.6 Å². The van der Waals surface area contributed by atoms with Crippen LogP contribution in [-0.4, -0.2) is 31.6 Å². The first kappa shape index (κ1) is 18.1. The van der Waals surface area contributed by atoms with E-state index in [4.69, 9.17) is 0 Å². The molecule has 0 bridgehead atoms. The third-order valence-electron chi connectivity index (χ3n) is 4.94. The van der Waals surface area contributed by atoms with Crippen LogP contribution in [0, 0.1) is 15.9 Å². The summed E-state index contributed by atoms with van der Waals surface area (Å²) in [6, 6.07) is 9.47. The molecule has 1 aliphatic rings. The van der Waals surface area contributed by atoms with Gasteiger partial charge in [-0.3, -0.25) is 20.2 Å². The van der Waals surface area contributed by atoms with Crippen molar-refractivity contribution < 1.29 is 19.2 Å². The monoisotopic (exact) mass is 384 g/mol. The summed E-state index contributed by atoms with van der Waals surface area (Å²) in [5.74, 6) is -0.782. The van der Waals surface area contributed by atoms with Crippen LogP contribution in [0.2, 0.25) is 0 Å². The van der Waals surface area contributed by atoms with E-state index in [1.165, 1.54) is 36.4 Å². The fraction of sp³-hybridized carbons (Fsp3) is 0.263. The summed E-state index contributed by atoms with van der Waals surface area (Å²) >= 11 is 0. The number of nitrogens with zero attached hydrogens (tertiary/aromatic N) is 3. The van der Waals surface area contributed by atoms with Crippen molar-refractivity contribution in [3.8, 4) is 0 Å². The van der Waals surface area contributed by atoms with Crippen LogP contribution in [0.3, 0.4) is 0 Å². The first-order valence-corrected chi connectivity index (χ1v) is 8.84. The van der Waals surface area contributed by atoms with E-state index in [1.807, 2.05) is 0 Å². The summed E-state index contributed by atoms with van der Waals surface area (Å²) in [5.41, 5.74) is 0.957. The van der Waals surface area contributed by atoms with Crippen LogP contribution in [0.15, 0.2) is 42.5 Å². The molecule has 0 spiro atoms. The SMILES string of the molecule is O=C(Nc1nc2cc(F)ccc2n1[C@H]1CC[C@@H](O)C1)c1cccc([N+](=O)[O-])c1. The number of halogens is 1. The number of rotatable bonds is 4. The van der Waals surface area contributed by atoms with Crippen LogP contribution < -0.4 is 5.32 Å². The zero-order chi connectivity index (χ0) is 19.8. The Kier molecular flexibility index (Phi) is 4.52. The second-order valence-corrected chi connectivity index (χ2v) is 6.82. The molecule has 9 heteroatoms. The number of aliphatic hydroxyl groups excluding tert-OH is 1. The average molecular weight is 384 g/mol. The number of nitro groups is 1. The molecule has 28 heavy (non-hydrogen) atoms. The van der Waals surface area contributed by atoms with Gasteiger partial charge in [0, 0.05) is 29.8 Å². The number of aromatic nitrogens is 2. The van der Waals surface area contributed by atoms with Gasteiger partial charge < -0.3 is 9.67 Å². The van der Waals surface area contributed by atoms with Crippen molar-refractivity contribution in [1.82, 2.24) is 9.55 Å². The molecular formula is C19H17FN4O4. The van der Waals surface area contributed by atoms with Gasteiger partial charge in [-0.1, -0.05) is 6.07 Å². The molecule has 2 N–H and O–H groups in total. The van der Waals surface area contributed by atoms with E-state index in [9.17, 15) is 24.4 Å². The molecule has 144 valence electrons. The molecule has 2 aromatic carbocycles. The molecule has 0 unspecified atom stereocenters. The maximum absolute atomic E-state index is 13.6. The zero-order valence-electron chi connectivity index (χ0n) is 14.7. The Morgan fingerprint density at radius 2 is 2.11 bits per heavy atom. The number of amides is 1. The van der Waals surface area contributed by atoms with Crippen molar-refractivity contribution in [3.05, 3.63) is 64.0 Å². The molecule has 1 fully saturated rings. The fourth-order valence-electron chi connectivity index (χ4n) is 3.63. The van der Waals surface area contributed by atoms with Crippen molar-refractivity contribution in [1.29, 1.82) is 0 Å². The Balaban J connectivity index is 1.72. The Labute approximate surface area is 158 Å². The molecular weight excluding hydrogens is 367 g/mol. The van der Waals surface area contributed by atoms with E-state index in [0.717, 1.165) is 0 Å². The van der Waals surface area contributed by atoms with Gasteiger partial charge in [-0.2, -0.15) is 0 Å². The number of carbonyl (C=O) groups is 1. The van der Waals surface area contributed by atoms with Crippen LogP contribution >= 0.6 is 0 Å². The summed E-state index contributed by atoms with van der Waals surface area (Å²) in [6.07, 6.45) is 1.39. The van der Waals surface area contributed by atoms with Crippen molar-refractivity contribution in [2.45, 2.75) is 31.4 Å². The Morgan fingerprint density at radius 1 is 1.29 bits per heavy atom. The first-order chi connectivity index (χ1) is 13.4. The molecule has 1 amide bonds. The first-order valence-electron chi connectivity index (χ1n) is 8.84. The topological polar surface area (TPSA) is 110 Å². The van der Waals surface area contributed by atoms with Crippen molar-refractivity contribution in [2.75, 3.05) is 5.32 Å². The second-order valence-electron chi connectivity index (χ2n) is 6.82. The number of nitrogens with one attached hydrogen (secondary N) is 1. The lowest BCUT2D eigenvalue weighted by atomic mass is 10.2. The lowest BCUT2D eigenvalue weighted by Gasteiger charge is -2.16. The minimum Gasteiger partial charge on any atom is -0.393 e. The van der Waals surface area contributed by atoms with Gasteiger partial charge in [0.2, 0.25) is 5.95 Å². The van der Waals surface area contributed by atoms with Crippen molar-refractivity contribution >= 4 is 28.6 Å². The van der Waals surface area contributed by atoms with Gasteiger partial charge in [-0.15, -0.1) is 0 Å². The number of carbonyl (C=O) groups excluding carboxylic acids is 1. The quantitative estimate of drug-likeness (QED) is 0.529. The highest BCUT2D eigenvalue weighted by atomic mass is 19.1. The third kappa shape index (κ3) is 3.31. The number of hydrogen-bond donors (Lipinski definition) is 2. The van der Waals surface area contributed by atoms with Crippen LogP contribution in [0.1, 0.15) is 35.7 Å². The molecule has 1 aromatic heterocycles. The smallest absolute Gasteiger partial charge is 0.270 e. The minimum atomic E-state index is -0.575. The van der Waals surface area contributed by atoms with Gasteiger partial charge in [0.1, 0.15) is 5.82 Å². The van der Waals surface area contributed by atoms with Gasteiger partial charge in [0.05, 0.1) is 22.1 Å². The van der Waals surface area contributed by atoms with Gasteiger partial charge in [-0.05, 0) is 37.5 Å². The molecule has 1 aliphatic carbocycles. The normalized spacial score (nSPS) is 19.1. The highest BCUT2D eigenvalue weighted by Gasteiger charge is 2.28. The van der Waals surface area contributed by atoms with E-state index in [0.29, 0.717) is 30.3 Å². The Bertz CT molecular complexity index is 1080. The molecule has 3 aromatic rings. The largest absolute Gasteiger partial charge is 0.393 e. The fourth-order valence-corrected chi connectivity index (χ4v) is 3.63.